The Hall–Kier alpha value is -1.53. The summed E-state index contributed by atoms with van der Waals surface area (Å²) in [7, 11) is 0. The van der Waals surface area contributed by atoms with Gasteiger partial charge in [0.2, 0.25) is 0 Å². The van der Waals surface area contributed by atoms with Gasteiger partial charge in [-0.3, -0.25) is 14.9 Å². The van der Waals surface area contributed by atoms with Crippen LogP contribution in [0.2, 0.25) is 0 Å². The maximum Gasteiger partial charge on any atom is 0.290 e. The Kier molecular flexibility index (Phi) is 4.44. The molecule has 98 valence electrons. The van der Waals surface area contributed by atoms with E-state index in [1.807, 2.05) is 12.1 Å². The molecule has 4 nitrogen and oxygen atoms in total. The number of hydrogen-bond acceptors (Lipinski definition) is 4. The third-order valence-electron chi connectivity index (χ3n) is 2.26. The van der Waals surface area contributed by atoms with Gasteiger partial charge in [0.05, 0.1) is 4.91 Å². The Labute approximate surface area is 123 Å². The lowest BCUT2D eigenvalue weighted by Gasteiger charge is -2.08. The molecular formula is C13H10BrNO3S. The number of benzene rings is 1. The molecule has 0 saturated carbocycles. The molecule has 0 aliphatic carbocycles. The number of amides is 2. The number of imide groups is 1. The lowest BCUT2D eigenvalue weighted by Crippen LogP contribution is -2.17. The van der Waals surface area contributed by atoms with Gasteiger partial charge in [-0.15, -0.1) is 0 Å². The van der Waals surface area contributed by atoms with Crippen LogP contribution < -0.4 is 10.1 Å². The SMILES string of the molecule is C=CCOc1ccc(Br)cc1C=C1SC(=O)NC1=O. The van der Waals surface area contributed by atoms with E-state index in [1.54, 1.807) is 18.2 Å². The molecule has 0 unspecified atom stereocenters. The molecule has 1 aromatic rings. The molecule has 1 fully saturated rings. The Bertz CT molecular complexity index is 583. The molecule has 19 heavy (non-hydrogen) atoms. The molecule has 1 aromatic carbocycles. The molecule has 1 N–H and O–H groups in total. The zero-order chi connectivity index (χ0) is 13.8. The topological polar surface area (TPSA) is 55.4 Å². The monoisotopic (exact) mass is 339 g/mol. The first-order chi connectivity index (χ1) is 9.10. The molecule has 0 spiro atoms. The predicted molar refractivity (Wildman–Crippen MR) is 78.9 cm³/mol. The lowest BCUT2D eigenvalue weighted by molar-refractivity contribution is -0.115. The summed E-state index contributed by atoms with van der Waals surface area (Å²) >= 11 is 4.24. The largest absolute Gasteiger partial charge is 0.489 e. The predicted octanol–water partition coefficient (Wildman–Crippen LogP) is 3.34. The standard InChI is InChI=1S/C13H10BrNO3S/c1-2-5-18-10-4-3-9(14)6-8(10)7-11-12(16)15-13(17)19-11/h2-4,6-7H,1,5H2,(H,15,16,17). The average Bonchev–Trinajstić information content (AvgIpc) is 2.67. The van der Waals surface area contributed by atoms with Gasteiger partial charge in [-0.25, -0.2) is 0 Å². The third-order valence-corrected chi connectivity index (χ3v) is 3.56. The molecule has 2 rings (SSSR count). The summed E-state index contributed by atoms with van der Waals surface area (Å²) in [6.45, 7) is 3.96. The van der Waals surface area contributed by atoms with Gasteiger partial charge in [-0.05, 0) is 36.0 Å². The van der Waals surface area contributed by atoms with Crippen LogP contribution in [0.3, 0.4) is 0 Å². The first-order valence-corrected chi connectivity index (χ1v) is 6.99. The fourth-order valence-corrected chi connectivity index (χ4v) is 2.53. The summed E-state index contributed by atoms with van der Waals surface area (Å²) in [4.78, 5) is 23.0. The van der Waals surface area contributed by atoms with Crippen molar-refractivity contribution in [1.29, 1.82) is 0 Å². The van der Waals surface area contributed by atoms with Gasteiger partial charge in [-0.1, -0.05) is 28.6 Å². The van der Waals surface area contributed by atoms with Crippen molar-refractivity contribution < 1.29 is 14.3 Å². The second-order valence-electron chi connectivity index (χ2n) is 3.63. The van der Waals surface area contributed by atoms with Crippen molar-refractivity contribution in [2.75, 3.05) is 6.61 Å². The van der Waals surface area contributed by atoms with Gasteiger partial charge < -0.3 is 4.74 Å². The fraction of sp³-hybridized carbons (Fsp3) is 0.0769. The van der Waals surface area contributed by atoms with E-state index in [-0.39, 0.29) is 11.1 Å². The normalized spacial score (nSPS) is 16.6. The highest BCUT2D eigenvalue weighted by Crippen LogP contribution is 2.30. The van der Waals surface area contributed by atoms with Crippen LogP contribution in [-0.4, -0.2) is 17.8 Å². The highest BCUT2D eigenvalue weighted by atomic mass is 79.9. The number of hydrogen-bond donors (Lipinski definition) is 1. The van der Waals surface area contributed by atoms with E-state index in [4.69, 9.17) is 4.74 Å². The summed E-state index contributed by atoms with van der Waals surface area (Å²) in [5, 5.41) is 1.85. The van der Waals surface area contributed by atoms with E-state index in [0.717, 1.165) is 21.8 Å². The lowest BCUT2D eigenvalue weighted by atomic mass is 10.2. The number of nitrogens with one attached hydrogen (secondary N) is 1. The second-order valence-corrected chi connectivity index (χ2v) is 5.56. The highest BCUT2D eigenvalue weighted by Gasteiger charge is 2.25. The number of carbonyl (C=O) groups excluding carboxylic acids is 2. The maximum absolute atomic E-state index is 11.5. The summed E-state index contributed by atoms with van der Waals surface area (Å²) in [5.41, 5.74) is 0.726. The van der Waals surface area contributed by atoms with Crippen LogP contribution in [0.1, 0.15) is 5.56 Å². The third kappa shape index (κ3) is 3.48. The van der Waals surface area contributed by atoms with Crippen molar-refractivity contribution in [3.8, 4) is 5.75 Å². The maximum atomic E-state index is 11.5. The van der Waals surface area contributed by atoms with Crippen LogP contribution >= 0.6 is 27.7 Å². The van der Waals surface area contributed by atoms with Gasteiger partial charge in [0, 0.05) is 10.0 Å². The number of rotatable bonds is 4. The first-order valence-electron chi connectivity index (χ1n) is 5.38. The Morgan fingerprint density at radius 3 is 2.84 bits per heavy atom. The van der Waals surface area contributed by atoms with Gasteiger partial charge in [0.15, 0.2) is 0 Å². The van der Waals surface area contributed by atoms with Gasteiger partial charge in [0.25, 0.3) is 11.1 Å². The van der Waals surface area contributed by atoms with Gasteiger partial charge >= 0.3 is 0 Å². The molecule has 0 atom stereocenters. The van der Waals surface area contributed by atoms with Gasteiger partial charge in [-0.2, -0.15) is 0 Å². The van der Waals surface area contributed by atoms with Crippen molar-refractivity contribution >= 4 is 44.9 Å². The molecule has 1 heterocycles. The van der Waals surface area contributed by atoms with Crippen LogP contribution in [0.4, 0.5) is 4.79 Å². The summed E-state index contributed by atoms with van der Waals surface area (Å²) in [6, 6.07) is 5.45. The minimum Gasteiger partial charge on any atom is -0.489 e. The van der Waals surface area contributed by atoms with Crippen molar-refractivity contribution in [3.05, 3.63) is 45.8 Å². The van der Waals surface area contributed by atoms with Crippen molar-refractivity contribution in [3.63, 3.8) is 0 Å². The number of carbonyl (C=O) groups is 2. The number of ether oxygens (including phenoxy) is 1. The van der Waals surface area contributed by atoms with E-state index < -0.39 is 0 Å². The van der Waals surface area contributed by atoms with Crippen LogP contribution in [0, 0.1) is 0 Å². The molecule has 6 heteroatoms. The van der Waals surface area contributed by atoms with E-state index >= 15 is 0 Å². The zero-order valence-electron chi connectivity index (χ0n) is 9.81. The molecule has 0 radical (unpaired) electrons. The average molecular weight is 340 g/mol. The van der Waals surface area contributed by atoms with Crippen molar-refractivity contribution in [2.45, 2.75) is 0 Å². The van der Waals surface area contributed by atoms with Gasteiger partial charge in [0.1, 0.15) is 12.4 Å². The minimum absolute atomic E-state index is 0.353. The minimum atomic E-state index is -0.385. The molecule has 1 aliphatic rings. The number of halogens is 1. The quantitative estimate of drug-likeness (QED) is 0.675. The smallest absolute Gasteiger partial charge is 0.290 e. The second kappa shape index (κ2) is 6.08. The Morgan fingerprint density at radius 2 is 2.21 bits per heavy atom. The zero-order valence-corrected chi connectivity index (χ0v) is 12.2. The molecule has 0 aromatic heterocycles. The van der Waals surface area contributed by atoms with Crippen LogP contribution in [0.25, 0.3) is 6.08 Å². The summed E-state index contributed by atoms with van der Waals surface area (Å²) in [6.07, 6.45) is 3.27. The molecular weight excluding hydrogens is 330 g/mol. The van der Waals surface area contributed by atoms with E-state index in [2.05, 4.69) is 27.8 Å². The number of thioether (sulfide) groups is 1. The molecule has 0 bridgehead atoms. The van der Waals surface area contributed by atoms with E-state index in [9.17, 15) is 9.59 Å². The van der Waals surface area contributed by atoms with Crippen LogP contribution in [0.15, 0.2) is 40.2 Å². The van der Waals surface area contributed by atoms with Crippen LogP contribution in [-0.2, 0) is 4.79 Å². The first kappa shape index (κ1) is 13.9. The molecule has 1 saturated heterocycles. The van der Waals surface area contributed by atoms with Crippen molar-refractivity contribution in [2.24, 2.45) is 0 Å². The Balaban J connectivity index is 2.35. The van der Waals surface area contributed by atoms with E-state index in [0.29, 0.717) is 17.3 Å². The molecule has 1 aliphatic heterocycles. The highest BCUT2D eigenvalue weighted by molar-refractivity contribution is 9.10. The summed E-state index contributed by atoms with van der Waals surface area (Å²) < 4.78 is 6.37. The molecule has 2 amide bonds. The summed E-state index contributed by atoms with van der Waals surface area (Å²) in [5.74, 6) is 0.244. The fourth-order valence-electron chi connectivity index (χ4n) is 1.47. The van der Waals surface area contributed by atoms with Crippen LogP contribution in [0.5, 0.6) is 5.75 Å². The Morgan fingerprint density at radius 1 is 1.42 bits per heavy atom. The van der Waals surface area contributed by atoms with E-state index in [1.165, 1.54) is 0 Å². The van der Waals surface area contributed by atoms with Crippen molar-refractivity contribution in [1.82, 2.24) is 5.32 Å².